The van der Waals surface area contributed by atoms with Crippen LogP contribution in [0.25, 0.3) is 0 Å². The number of para-hydroxylation sites is 2. The van der Waals surface area contributed by atoms with E-state index in [0.717, 1.165) is 0 Å². The fraction of sp³-hybridized carbons (Fsp3) is 0.273. The molecule has 0 radical (unpaired) electrons. The third-order valence-electron chi connectivity index (χ3n) is 3.85. The Kier molecular flexibility index (Phi) is 10.5. The summed E-state index contributed by atoms with van der Waals surface area (Å²) in [6, 6.07) is 12.0. The summed E-state index contributed by atoms with van der Waals surface area (Å²) in [6.07, 6.45) is -1.37. The lowest BCUT2D eigenvalue weighted by Gasteiger charge is -2.12. The molecule has 2 N–H and O–H groups in total. The predicted octanol–water partition coefficient (Wildman–Crippen LogP) is 2.78. The highest BCUT2D eigenvalue weighted by molar-refractivity contribution is 5.95. The summed E-state index contributed by atoms with van der Waals surface area (Å²) in [5.41, 5.74) is -0.103. The van der Waals surface area contributed by atoms with Gasteiger partial charge in [-0.05, 0) is 38.1 Å². The molecule has 12 nitrogen and oxygen atoms in total. The van der Waals surface area contributed by atoms with Gasteiger partial charge < -0.3 is 18.9 Å². The summed E-state index contributed by atoms with van der Waals surface area (Å²) in [6.45, 7) is 3.14. The van der Waals surface area contributed by atoms with Gasteiger partial charge in [0.1, 0.15) is 22.6 Å². The van der Waals surface area contributed by atoms with E-state index in [1.165, 1.54) is 24.3 Å². The molecule has 0 fully saturated rings. The van der Waals surface area contributed by atoms with Crippen LogP contribution in [0.4, 0.5) is 9.59 Å². The number of hydrogen-bond acceptors (Lipinski definition) is 10. The predicted molar refractivity (Wildman–Crippen MR) is 115 cm³/mol. The van der Waals surface area contributed by atoms with Crippen LogP contribution in [0.5, 0.6) is 11.5 Å². The van der Waals surface area contributed by atoms with Gasteiger partial charge in [0.15, 0.2) is 13.5 Å². The lowest BCUT2D eigenvalue weighted by Crippen LogP contribution is -2.29. The van der Waals surface area contributed by atoms with Gasteiger partial charge in [-0.1, -0.05) is 24.3 Å². The van der Waals surface area contributed by atoms with E-state index in [1.54, 1.807) is 38.1 Å². The molecule has 0 aliphatic heterocycles. The van der Waals surface area contributed by atoms with Gasteiger partial charge in [0.25, 0.3) is 0 Å². The number of nitrogens with one attached hydrogen (secondary N) is 2. The molecule has 12 heteroatoms. The van der Waals surface area contributed by atoms with Crippen LogP contribution in [0.2, 0.25) is 0 Å². The fourth-order valence-corrected chi connectivity index (χ4v) is 2.40. The molecule has 2 rings (SSSR count). The normalized spacial score (nSPS) is 9.82. The summed E-state index contributed by atoms with van der Waals surface area (Å²) in [5.74, 6) is -1.87. The van der Waals surface area contributed by atoms with Crippen LogP contribution in [0.3, 0.4) is 0 Å². The minimum Gasteiger partial charge on any atom is -0.472 e. The van der Waals surface area contributed by atoms with Crippen molar-refractivity contribution in [3.63, 3.8) is 0 Å². The minimum atomic E-state index is -1.01. The first-order valence-electron chi connectivity index (χ1n) is 10.1. The molecule has 0 unspecified atom stereocenters. The van der Waals surface area contributed by atoms with E-state index < -0.39 is 24.1 Å². The van der Waals surface area contributed by atoms with Crippen molar-refractivity contribution in [2.75, 3.05) is 26.7 Å². The Morgan fingerprint density at radius 3 is 1.41 bits per heavy atom. The number of carbonyl (C=O) groups is 4. The van der Waals surface area contributed by atoms with Gasteiger partial charge in [-0.3, -0.25) is 10.6 Å². The highest BCUT2D eigenvalue weighted by Gasteiger charge is 2.20. The van der Waals surface area contributed by atoms with Crippen molar-refractivity contribution in [2.24, 2.45) is 0 Å². The summed E-state index contributed by atoms with van der Waals surface area (Å²) >= 11 is 0. The van der Waals surface area contributed by atoms with E-state index in [2.05, 4.69) is 20.4 Å². The number of alkyl carbamates (subject to hydrolysis) is 2. The smallest absolute Gasteiger partial charge is 0.409 e. The first-order chi connectivity index (χ1) is 16.5. The van der Waals surface area contributed by atoms with E-state index in [-0.39, 0.29) is 49.3 Å². The Labute approximate surface area is 194 Å². The Hall–Kier alpha value is -4.48. The van der Waals surface area contributed by atoms with Crippen LogP contribution >= 0.6 is 0 Å². The third-order valence-corrected chi connectivity index (χ3v) is 3.85. The molecule has 2 aromatic carbocycles. The van der Waals surface area contributed by atoms with Crippen LogP contribution in [0, 0.1) is 0 Å². The Bertz CT molecular complexity index is 916. The quantitative estimate of drug-likeness (QED) is 0.298. The number of carbonyl (C=O) groups excluding carboxylic acids is 4. The van der Waals surface area contributed by atoms with Gasteiger partial charge in [0.2, 0.25) is 0 Å². The lowest BCUT2D eigenvalue weighted by atomic mass is 10.2. The summed E-state index contributed by atoms with van der Waals surface area (Å²) < 4.78 is 20.1. The highest BCUT2D eigenvalue weighted by atomic mass is 17.2. The van der Waals surface area contributed by atoms with E-state index >= 15 is 0 Å². The zero-order valence-electron chi connectivity index (χ0n) is 18.5. The molecule has 0 saturated carbocycles. The number of rotatable bonds is 10. The molecular weight excluding hydrogens is 452 g/mol. The van der Waals surface area contributed by atoms with Crippen LogP contribution in [0.1, 0.15) is 34.6 Å². The minimum absolute atomic E-state index is 0.0517. The molecular formula is C22H24N2O10. The molecule has 34 heavy (non-hydrogen) atoms. The second-order valence-corrected chi connectivity index (χ2v) is 6.11. The lowest BCUT2D eigenvalue weighted by molar-refractivity contribution is -0.187. The van der Waals surface area contributed by atoms with Crippen molar-refractivity contribution >= 4 is 24.1 Å². The monoisotopic (exact) mass is 476 g/mol. The maximum absolute atomic E-state index is 12.4. The third kappa shape index (κ3) is 8.22. The fourth-order valence-electron chi connectivity index (χ4n) is 2.40. The van der Waals surface area contributed by atoms with Crippen LogP contribution < -0.4 is 20.1 Å². The first-order valence-corrected chi connectivity index (χ1v) is 10.1. The standard InChI is InChI=1S/C22H24N2O10/c1-3-29-21(27)23-13-31-17-11-7-5-9-15(17)19(25)33-34-20(26)16-10-6-8-12-18(16)32-14-24-22(28)30-4-2/h5-12H,3-4,13-14H2,1-2H3,(H,23,27)(H,24,28). The highest BCUT2D eigenvalue weighted by Crippen LogP contribution is 2.21. The number of hydrogen-bond donors (Lipinski definition) is 2. The summed E-state index contributed by atoms with van der Waals surface area (Å²) in [7, 11) is 0. The Morgan fingerprint density at radius 2 is 1.03 bits per heavy atom. The molecule has 2 amide bonds. The number of amides is 2. The molecule has 2 aromatic rings. The van der Waals surface area contributed by atoms with Gasteiger partial charge in [-0.2, -0.15) is 0 Å². The number of benzene rings is 2. The maximum Gasteiger partial charge on any atom is 0.409 e. The van der Waals surface area contributed by atoms with E-state index in [4.69, 9.17) is 18.9 Å². The van der Waals surface area contributed by atoms with Crippen molar-refractivity contribution in [2.45, 2.75) is 13.8 Å². The van der Waals surface area contributed by atoms with Gasteiger partial charge >= 0.3 is 24.1 Å². The molecule has 0 bridgehead atoms. The molecule has 0 saturated heterocycles. The van der Waals surface area contributed by atoms with Crippen molar-refractivity contribution in [3.8, 4) is 11.5 Å². The largest absolute Gasteiger partial charge is 0.472 e. The van der Waals surface area contributed by atoms with E-state index in [9.17, 15) is 19.2 Å². The summed E-state index contributed by atoms with van der Waals surface area (Å²) in [5, 5.41) is 4.68. The molecule has 0 heterocycles. The second-order valence-electron chi connectivity index (χ2n) is 6.11. The molecule has 0 aliphatic rings. The zero-order chi connectivity index (χ0) is 24.8. The second kappa shape index (κ2) is 13.8. The van der Waals surface area contributed by atoms with Crippen LogP contribution in [-0.2, 0) is 19.2 Å². The van der Waals surface area contributed by atoms with Gasteiger partial charge in [0, 0.05) is 0 Å². The molecule has 0 atom stereocenters. The Morgan fingerprint density at radius 1 is 0.647 bits per heavy atom. The average Bonchev–Trinajstić information content (AvgIpc) is 2.83. The van der Waals surface area contributed by atoms with Crippen molar-refractivity contribution in [3.05, 3.63) is 59.7 Å². The van der Waals surface area contributed by atoms with Gasteiger partial charge in [-0.25, -0.2) is 29.0 Å². The molecule has 182 valence electrons. The Balaban J connectivity index is 1.94. The van der Waals surface area contributed by atoms with Crippen LogP contribution in [0.15, 0.2) is 48.5 Å². The van der Waals surface area contributed by atoms with Crippen molar-refractivity contribution in [1.82, 2.24) is 10.6 Å². The van der Waals surface area contributed by atoms with Gasteiger partial charge in [0.05, 0.1) is 13.2 Å². The average molecular weight is 476 g/mol. The molecule has 0 spiro atoms. The zero-order valence-corrected chi connectivity index (χ0v) is 18.5. The summed E-state index contributed by atoms with van der Waals surface area (Å²) in [4.78, 5) is 56.8. The molecule has 0 aliphatic carbocycles. The van der Waals surface area contributed by atoms with E-state index in [0.29, 0.717) is 0 Å². The van der Waals surface area contributed by atoms with Gasteiger partial charge in [-0.15, -0.1) is 0 Å². The SMILES string of the molecule is CCOC(=O)NCOc1ccccc1C(=O)OOC(=O)c1ccccc1OCNC(=O)OCC. The topological polar surface area (TPSA) is 148 Å². The maximum atomic E-state index is 12.4. The van der Waals surface area contributed by atoms with Crippen LogP contribution in [-0.4, -0.2) is 50.8 Å². The van der Waals surface area contributed by atoms with E-state index in [1.807, 2.05) is 0 Å². The molecule has 0 aromatic heterocycles. The van der Waals surface area contributed by atoms with Crippen molar-refractivity contribution < 1.29 is 47.9 Å². The first kappa shape index (κ1) is 25.8. The number of ether oxygens (including phenoxy) is 4. The van der Waals surface area contributed by atoms with Crippen molar-refractivity contribution in [1.29, 1.82) is 0 Å².